The minimum atomic E-state index is -1.90. The van der Waals surface area contributed by atoms with Crippen molar-refractivity contribution in [2.75, 3.05) is 0 Å². The quantitative estimate of drug-likeness (QED) is 0.723. The van der Waals surface area contributed by atoms with Crippen LogP contribution in [0, 0.1) is 0 Å². The van der Waals surface area contributed by atoms with Gasteiger partial charge in [0.05, 0.1) is 0 Å². The molecule has 0 aliphatic heterocycles. The van der Waals surface area contributed by atoms with E-state index in [0.29, 0.717) is 4.47 Å². The predicted molar refractivity (Wildman–Crippen MR) is 55.5 cm³/mol. The zero-order valence-corrected chi connectivity index (χ0v) is 9.60. The van der Waals surface area contributed by atoms with Crippen molar-refractivity contribution < 1.29 is 20.1 Å². The van der Waals surface area contributed by atoms with E-state index in [9.17, 15) is 9.90 Å². The number of halogens is 2. The number of pyridine rings is 1. The van der Waals surface area contributed by atoms with Crippen LogP contribution >= 0.6 is 27.5 Å². The van der Waals surface area contributed by atoms with Crippen LogP contribution in [-0.2, 0) is 4.79 Å². The Labute approximate surface area is 98.5 Å². The van der Waals surface area contributed by atoms with Crippen molar-refractivity contribution >= 4 is 33.5 Å². The number of aliphatic carboxylic acids is 1. The Bertz CT molecular complexity index is 387. The highest BCUT2D eigenvalue weighted by Gasteiger charge is 2.27. The van der Waals surface area contributed by atoms with Crippen molar-refractivity contribution in [3.8, 4) is 0 Å². The number of nitrogens with zero attached hydrogens (tertiary/aromatic N) is 1. The largest absolute Gasteiger partial charge is 0.479 e. The van der Waals surface area contributed by atoms with Crippen molar-refractivity contribution in [2.24, 2.45) is 0 Å². The Morgan fingerprint density at radius 1 is 1.53 bits per heavy atom. The van der Waals surface area contributed by atoms with Gasteiger partial charge in [0.2, 0.25) is 0 Å². The first-order valence-electron chi connectivity index (χ1n) is 3.83. The number of hydrogen-bond donors (Lipinski definition) is 3. The van der Waals surface area contributed by atoms with Crippen LogP contribution in [0.2, 0.25) is 5.15 Å². The van der Waals surface area contributed by atoms with Crippen LogP contribution in [-0.4, -0.2) is 32.4 Å². The number of rotatable bonds is 3. The molecule has 1 rings (SSSR count). The van der Waals surface area contributed by atoms with Crippen molar-refractivity contribution in [2.45, 2.75) is 12.2 Å². The number of aliphatic hydroxyl groups is 2. The van der Waals surface area contributed by atoms with Crippen LogP contribution in [0.25, 0.3) is 0 Å². The lowest BCUT2D eigenvalue weighted by molar-refractivity contribution is -0.153. The fourth-order valence-electron chi connectivity index (χ4n) is 0.959. The molecule has 0 saturated carbocycles. The minimum absolute atomic E-state index is 0.102. The molecule has 0 radical (unpaired) electrons. The van der Waals surface area contributed by atoms with E-state index in [-0.39, 0.29) is 10.7 Å². The van der Waals surface area contributed by atoms with Gasteiger partial charge in [0.1, 0.15) is 11.3 Å². The predicted octanol–water partition coefficient (Wildman–Crippen LogP) is 0.976. The average Bonchev–Trinajstić information content (AvgIpc) is 2.19. The third-order valence-electron chi connectivity index (χ3n) is 1.72. The minimum Gasteiger partial charge on any atom is -0.479 e. The zero-order chi connectivity index (χ0) is 11.6. The van der Waals surface area contributed by atoms with Crippen LogP contribution in [0.3, 0.4) is 0 Å². The van der Waals surface area contributed by atoms with E-state index in [2.05, 4.69) is 20.9 Å². The average molecular weight is 297 g/mol. The number of carbonyl (C=O) groups is 1. The lowest BCUT2D eigenvalue weighted by atomic mass is 10.1. The molecule has 5 nitrogen and oxygen atoms in total. The van der Waals surface area contributed by atoms with Crippen LogP contribution in [0.5, 0.6) is 0 Å². The molecule has 0 aliphatic carbocycles. The van der Waals surface area contributed by atoms with Gasteiger partial charge in [0.25, 0.3) is 0 Å². The maximum atomic E-state index is 10.4. The number of aromatic nitrogens is 1. The van der Waals surface area contributed by atoms with Crippen LogP contribution in [0.15, 0.2) is 16.7 Å². The summed E-state index contributed by atoms with van der Waals surface area (Å²) in [7, 11) is 0. The lowest BCUT2D eigenvalue weighted by Gasteiger charge is -2.15. The molecule has 0 amide bonds. The number of hydrogen-bond acceptors (Lipinski definition) is 4. The Hall–Kier alpha value is -0.690. The van der Waals surface area contributed by atoms with Crippen molar-refractivity contribution in [3.05, 3.63) is 27.5 Å². The lowest BCUT2D eigenvalue weighted by Crippen LogP contribution is -2.27. The van der Waals surface area contributed by atoms with Crippen molar-refractivity contribution in [1.82, 2.24) is 4.98 Å². The van der Waals surface area contributed by atoms with Gasteiger partial charge in [-0.1, -0.05) is 11.6 Å². The Morgan fingerprint density at radius 3 is 2.67 bits per heavy atom. The van der Waals surface area contributed by atoms with Gasteiger partial charge in [-0.3, -0.25) is 0 Å². The van der Waals surface area contributed by atoms with Gasteiger partial charge in [-0.2, -0.15) is 0 Å². The second-order valence-electron chi connectivity index (χ2n) is 2.76. The summed E-state index contributed by atoms with van der Waals surface area (Å²) in [4.78, 5) is 14.1. The maximum absolute atomic E-state index is 10.4. The zero-order valence-electron chi connectivity index (χ0n) is 7.26. The summed E-state index contributed by atoms with van der Waals surface area (Å²) in [5.74, 6) is -1.51. The first kappa shape index (κ1) is 12.4. The number of carboxylic acid groups (broad SMARTS) is 1. The Balaban J connectivity index is 3.04. The monoisotopic (exact) mass is 295 g/mol. The summed E-state index contributed by atoms with van der Waals surface area (Å²) in [6.45, 7) is 0. The smallest absolute Gasteiger partial charge is 0.335 e. The van der Waals surface area contributed by atoms with Crippen molar-refractivity contribution in [3.63, 3.8) is 0 Å². The number of aliphatic hydroxyl groups excluding tert-OH is 2. The van der Waals surface area contributed by atoms with Crippen LogP contribution in [0.4, 0.5) is 0 Å². The highest BCUT2D eigenvalue weighted by molar-refractivity contribution is 9.10. The standard InChI is InChI=1S/C8H7BrClNO4/c9-4-2-11-5(10)1-3(4)6(12)7(13)8(14)15/h1-2,6-7,12-13H,(H,14,15). The Kier molecular flexibility index (Phi) is 4.04. The molecule has 0 fully saturated rings. The van der Waals surface area contributed by atoms with Gasteiger partial charge < -0.3 is 15.3 Å². The summed E-state index contributed by atoms with van der Waals surface area (Å²) in [5.41, 5.74) is 0.171. The highest BCUT2D eigenvalue weighted by Crippen LogP contribution is 2.27. The van der Waals surface area contributed by atoms with E-state index >= 15 is 0 Å². The molecule has 0 aromatic carbocycles. The number of carboxylic acids is 1. The van der Waals surface area contributed by atoms with Gasteiger partial charge in [-0.25, -0.2) is 9.78 Å². The summed E-state index contributed by atoms with van der Waals surface area (Å²) in [5, 5.41) is 27.2. The molecule has 2 unspecified atom stereocenters. The fourth-order valence-corrected chi connectivity index (χ4v) is 1.58. The molecule has 3 N–H and O–H groups in total. The van der Waals surface area contributed by atoms with Gasteiger partial charge in [0, 0.05) is 16.2 Å². The van der Waals surface area contributed by atoms with Gasteiger partial charge in [-0.05, 0) is 22.0 Å². The van der Waals surface area contributed by atoms with Gasteiger partial charge in [0.15, 0.2) is 6.10 Å². The molecule has 0 saturated heterocycles. The molecule has 0 spiro atoms. The maximum Gasteiger partial charge on any atom is 0.335 e. The van der Waals surface area contributed by atoms with E-state index in [1.54, 1.807) is 0 Å². The molecule has 1 heterocycles. The van der Waals surface area contributed by atoms with Crippen LogP contribution in [0.1, 0.15) is 11.7 Å². The Morgan fingerprint density at radius 2 is 2.13 bits per heavy atom. The van der Waals surface area contributed by atoms with Crippen LogP contribution < -0.4 is 0 Å². The first-order valence-corrected chi connectivity index (χ1v) is 5.00. The second-order valence-corrected chi connectivity index (χ2v) is 4.00. The fraction of sp³-hybridized carbons (Fsp3) is 0.250. The molecule has 7 heteroatoms. The van der Waals surface area contributed by atoms with E-state index in [0.717, 1.165) is 0 Å². The topological polar surface area (TPSA) is 90.7 Å². The van der Waals surface area contributed by atoms with E-state index in [4.69, 9.17) is 21.8 Å². The first-order chi connectivity index (χ1) is 6.93. The van der Waals surface area contributed by atoms with E-state index in [1.807, 2.05) is 0 Å². The molecule has 15 heavy (non-hydrogen) atoms. The molecule has 2 atom stereocenters. The third-order valence-corrected chi connectivity index (χ3v) is 2.59. The molecule has 82 valence electrons. The third kappa shape index (κ3) is 2.88. The molecular formula is C8H7BrClNO4. The molecular weight excluding hydrogens is 289 g/mol. The van der Waals surface area contributed by atoms with Gasteiger partial charge >= 0.3 is 5.97 Å². The molecule has 0 bridgehead atoms. The SMILES string of the molecule is O=C(O)C(O)C(O)c1cc(Cl)ncc1Br. The summed E-state index contributed by atoms with van der Waals surface area (Å²) in [6.07, 6.45) is -2.15. The van der Waals surface area contributed by atoms with Gasteiger partial charge in [-0.15, -0.1) is 0 Å². The summed E-state index contributed by atoms with van der Waals surface area (Å²) >= 11 is 8.64. The van der Waals surface area contributed by atoms with Crippen molar-refractivity contribution in [1.29, 1.82) is 0 Å². The molecule has 1 aromatic rings. The van der Waals surface area contributed by atoms with E-state index in [1.165, 1.54) is 12.3 Å². The molecule has 0 aliphatic rings. The molecule has 1 aromatic heterocycles. The summed E-state index contributed by atoms with van der Waals surface area (Å²) in [6, 6.07) is 1.28. The summed E-state index contributed by atoms with van der Waals surface area (Å²) < 4.78 is 0.375. The highest BCUT2D eigenvalue weighted by atomic mass is 79.9. The van der Waals surface area contributed by atoms with E-state index < -0.39 is 18.2 Å². The second kappa shape index (κ2) is 4.89. The normalized spacial score (nSPS) is 14.7.